The van der Waals surface area contributed by atoms with Crippen LogP contribution in [0.5, 0.6) is 0 Å². The number of thioether (sulfide) groups is 1. The molecule has 6 nitrogen and oxygen atoms in total. The standard InChI is InChI=1S/C23H28N4O2S/c1-3-27(4-2)14-13-25-23(29)20-9-11-21(12-10-20)26-22(28)17-30-16-19-7-5-18(15-24)6-8-19/h5-12H,3-4,13-14,16-17H2,1-2H3,(H,25,29)(H,26,28). The average molecular weight is 425 g/mol. The first-order valence-electron chi connectivity index (χ1n) is 10.0. The topological polar surface area (TPSA) is 85.2 Å². The van der Waals surface area contributed by atoms with Crippen LogP contribution in [-0.4, -0.2) is 48.6 Å². The van der Waals surface area contributed by atoms with Gasteiger partial charge in [-0.05, 0) is 55.1 Å². The lowest BCUT2D eigenvalue weighted by Gasteiger charge is -2.18. The quantitative estimate of drug-likeness (QED) is 0.577. The number of likely N-dealkylation sites (N-methyl/N-ethyl adjacent to an activating group) is 1. The second-order valence-electron chi connectivity index (χ2n) is 6.71. The van der Waals surface area contributed by atoms with Crippen LogP contribution in [0.3, 0.4) is 0 Å². The van der Waals surface area contributed by atoms with E-state index in [1.54, 1.807) is 36.4 Å². The molecule has 2 aromatic rings. The molecule has 0 aliphatic rings. The molecule has 2 amide bonds. The summed E-state index contributed by atoms with van der Waals surface area (Å²) in [7, 11) is 0. The summed E-state index contributed by atoms with van der Waals surface area (Å²) in [6, 6.07) is 16.3. The molecule has 0 radical (unpaired) electrons. The van der Waals surface area contributed by atoms with E-state index in [4.69, 9.17) is 5.26 Å². The third kappa shape index (κ3) is 7.90. The van der Waals surface area contributed by atoms with Gasteiger partial charge in [-0.3, -0.25) is 9.59 Å². The van der Waals surface area contributed by atoms with Crippen LogP contribution in [0.4, 0.5) is 5.69 Å². The maximum Gasteiger partial charge on any atom is 0.251 e. The minimum atomic E-state index is -0.113. The number of amides is 2. The van der Waals surface area contributed by atoms with Crippen molar-refractivity contribution in [3.05, 3.63) is 65.2 Å². The third-order valence-electron chi connectivity index (χ3n) is 4.62. The van der Waals surface area contributed by atoms with Crippen molar-refractivity contribution >= 4 is 29.3 Å². The first kappa shape index (κ1) is 23.5. The number of rotatable bonds is 11. The van der Waals surface area contributed by atoms with Gasteiger partial charge in [-0.25, -0.2) is 0 Å². The van der Waals surface area contributed by atoms with E-state index >= 15 is 0 Å². The van der Waals surface area contributed by atoms with E-state index in [-0.39, 0.29) is 11.8 Å². The number of nitrogens with one attached hydrogen (secondary N) is 2. The fourth-order valence-electron chi connectivity index (χ4n) is 2.81. The molecule has 0 aromatic heterocycles. The Bertz CT molecular complexity index is 856. The zero-order chi connectivity index (χ0) is 21.8. The van der Waals surface area contributed by atoms with Crippen molar-refractivity contribution in [3.63, 3.8) is 0 Å². The van der Waals surface area contributed by atoms with Crippen molar-refractivity contribution in [1.82, 2.24) is 10.2 Å². The molecule has 30 heavy (non-hydrogen) atoms. The fraction of sp³-hybridized carbons (Fsp3) is 0.348. The highest BCUT2D eigenvalue weighted by Gasteiger charge is 2.08. The van der Waals surface area contributed by atoms with Crippen LogP contribution in [0.15, 0.2) is 48.5 Å². The lowest BCUT2D eigenvalue weighted by molar-refractivity contribution is -0.113. The maximum absolute atomic E-state index is 12.2. The number of carbonyl (C=O) groups is 2. The number of hydrogen-bond acceptors (Lipinski definition) is 5. The van der Waals surface area contributed by atoms with Crippen LogP contribution >= 0.6 is 11.8 Å². The second kappa shape index (κ2) is 12.7. The van der Waals surface area contributed by atoms with Gasteiger partial charge in [0.2, 0.25) is 5.91 Å². The van der Waals surface area contributed by atoms with Gasteiger partial charge in [0.15, 0.2) is 0 Å². The Balaban J connectivity index is 1.72. The van der Waals surface area contributed by atoms with E-state index in [1.165, 1.54) is 11.8 Å². The lowest BCUT2D eigenvalue weighted by Crippen LogP contribution is -2.34. The minimum absolute atomic E-state index is 0.0925. The predicted molar refractivity (Wildman–Crippen MR) is 123 cm³/mol. The monoisotopic (exact) mass is 424 g/mol. The molecule has 2 aromatic carbocycles. The molecule has 7 heteroatoms. The van der Waals surface area contributed by atoms with E-state index in [0.717, 1.165) is 25.2 Å². The van der Waals surface area contributed by atoms with Gasteiger partial charge in [-0.15, -0.1) is 11.8 Å². The van der Waals surface area contributed by atoms with Gasteiger partial charge in [-0.2, -0.15) is 5.26 Å². The molecule has 0 aliphatic heterocycles. The van der Waals surface area contributed by atoms with Gasteiger partial charge in [-0.1, -0.05) is 26.0 Å². The molecule has 158 valence electrons. The minimum Gasteiger partial charge on any atom is -0.351 e. The first-order valence-corrected chi connectivity index (χ1v) is 11.2. The van der Waals surface area contributed by atoms with Crippen LogP contribution in [-0.2, 0) is 10.5 Å². The zero-order valence-electron chi connectivity index (χ0n) is 17.5. The number of nitrogens with zero attached hydrogens (tertiary/aromatic N) is 2. The SMILES string of the molecule is CCN(CC)CCNC(=O)c1ccc(NC(=O)CSCc2ccc(C#N)cc2)cc1. The van der Waals surface area contributed by atoms with Crippen molar-refractivity contribution < 1.29 is 9.59 Å². The molecule has 0 fully saturated rings. The number of hydrogen-bond donors (Lipinski definition) is 2. The van der Waals surface area contributed by atoms with Crippen LogP contribution in [0.1, 0.15) is 35.3 Å². The summed E-state index contributed by atoms with van der Waals surface area (Å²) in [6.45, 7) is 7.56. The Morgan fingerprint density at radius 2 is 1.70 bits per heavy atom. The maximum atomic E-state index is 12.2. The number of nitriles is 1. The predicted octanol–water partition coefficient (Wildman–Crippen LogP) is 3.50. The summed E-state index contributed by atoms with van der Waals surface area (Å²) in [5.74, 6) is 0.822. The van der Waals surface area contributed by atoms with Gasteiger partial charge >= 0.3 is 0 Å². The van der Waals surface area contributed by atoms with Crippen molar-refractivity contribution in [1.29, 1.82) is 5.26 Å². The molecule has 0 spiro atoms. The number of benzene rings is 2. The fourth-order valence-corrected chi connectivity index (χ4v) is 3.60. The van der Waals surface area contributed by atoms with E-state index in [1.807, 2.05) is 12.1 Å². The second-order valence-corrected chi connectivity index (χ2v) is 7.70. The summed E-state index contributed by atoms with van der Waals surface area (Å²) < 4.78 is 0. The molecule has 0 aliphatic carbocycles. The van der Waals surface area contributed by atoms with Crippen LogP contribution in [0.2, 0.25) is 0 Å². The van der Waals surface area contributed by atoms with Gasteiger partial charge < -0.3 is 15.5 Å². The number of anilines is 1. The molecule has 2 N–H and O–H groups in total. The average Bonchev–Trinajstić information content (AvgIpc) is 2.77. The van der Waals surface area contributed by atoms with Crippen molar-refractivity contribution in [2.24, 2.45) is 0 Å². The van der Waals surface area contributed by atoms with Gasteiger partial charge in [0.25, 0.3) is 5.91 Å². The van der Waals surface area contributed by atoms with Crippen molar-refractivity contribution in [3.8, 4) is 6.07 Å². The van der Waals surface area contributed by atoms with Gasteiger partial charge in [0.1, 0.15) is 0 Å². The summed E-state index contributed by atoms with van der Waals surface area (Å²) in [5, 5.41) is 14.6. The third-order valence-corrected chi connectivity index (χ3v) is 5.63. The van der Waals surface area contributed by atoms with Gasteiger partial charge in [0, 0.05) is 30.1 Å². The highest BCUT2D eigenvalue weighted by Crippen LogP contribution is 2.14. The first-order chi connectivity index (χ1) is 14.5. The zero-order valence-corrected chi connectivity index (χ0v) is 18.3. The molecular weight excluding hydrogens is 396 g/mol. The Labute approximate surface area is 182 Å². The molecule has 0 saturated carbocycles. The van der Waals surface area contributed by atoms with E-state index in [0.29, 0.717) is 34.9 Å². The smallest absolute Gasteiger partial charge is 0.251 e. The lowest BCUT2D eigenvalue weighted by atomic mass is 10.2. The summed E-state index contributed by atoms with van der Waals surface area (Å²) >= 11 is 1.51. The van der Waals surface area contributed by atoms with Crippen molar-refractivity contribution in [2.75, 3.05) is 37.2 Å². The highest BCUT2D eigenvalue weighted by atomic mass is 32.2. The van der Waals surface area contributed by atoms with Crippen molar-refractivity contribution in [2.45, 2.75) is 19.6 Å². The molecule has 0 unspecified atom stereocenters. The van der Waals surface area contributed by atoms with E-state index in [9.17, 15) is 9.59 Å². The normalized spacial score (nSPS) is 10.5. The van der Waals surface area contributed by atoms with Crippen LogP contribution in [0, 0.1) is 11.3 Å². The molecule has 2 rings (SSSR count). The summed E-state index contributed by atoms with van der Waals surface area (Å²) in [5.41, 5.74) is 2.94. The Morgan fingerprint density at radius 3 is 2.30 bits per heavy atom. The highest BCUT2D eigenvalue weighted by molar-refractivity contribution is 7.99. The molecule has 0 saturated heterocycles. The summed E-state index contributed by atoms with van der Waals surface area (Å²) in [6.07, 6.45) is 0. The molecule has 0 heterocycles. The Hall–Kier alpha value is -2.82. The van der Waals surface area contributed by atoms with Gasteiger partial charge in [0.05, 0.1) is 17.4 Å². The Kier molecular flexibility index (Phi) is 9.92. The number of carbonyl (C=O) groups excluding carboxylic acids is 2. The Morgan fingerprint density at radius 1 is 1.03 bits per heavy atom. The van der Waals surface area contributed by atoms with Crippen LogP contribution in [0.25, 0.3) is 0 Å². The van der Waals surface area contributed by atoms with E-state index in [2.05, 4.69) is 35.5 Å². The largest absolute Gasteiger partial charge is 0.351 e. The van der Waals surface area contributed by atoms with E-state index < -0.39 is 0 Å². The molecule has 0 atom stereocenters. The van der Waals surface area contributed by atoms with Crippen LogP contribution < -0.4 is 10.6 Å². The summed E-state index contributed by atoms with van der Waals surface area (Å²) in [4.78, 5) is 26.6. The molecular formula is C23H28N4O2S. The molecule has 0 bridgehead atoms.